The minimum absolute atomic E-state index is 0.0226. The zero-order valence-electron chi connectivity index (χ0n) is 25.8. The van der Waals surface area contributed by atoms with E-state index in [-0.39, 0.29) is 32.0 Å². The number of benzene rings is 4. The van der Waals surface area contributed by atoms with Crippen molar-refractivity contribution in [2.24, 2.45) is 0 Å². The Bertz CT molecular complexity index is 1630. The lowest BCUT2D eigenvalue weighted by atomic mass is 10.0. The highest BCUT2D eigenvalue weighted by Crippen LogP contribution is 2.19. The molecule has 0 heterocycles. The Kier molecular flexibility index (Phi) is 11.7. The number of methoxy groups -OCH3 is 2. The summed E-state index contributed by atoms with van der Waals surface area (Å²) in [4.78, 5) is 29.6. The summed E-state index contributed by atoms with van der Waals surface area (Å²) in [5, 5.41) is 2.99. The van der Waals surface area contributed by atoms with Gasteiger partial charge in [0.1, 0.15) is 17.5 Å². The fourth-order valence-electron chi connectivity index (χ4n) is 4.85. The highest BCUT2D eigenvalue weighted by molar-refractivity contribution is 7.88. The van der Waals surface area contributed by atoms with E-state index >= 15 is 0 Å². The fourth-order valence-corrected chi connectivity index (χ4v) is 5.58. The Balaban J connectivity index is 1.67. The average molecular weight is 630 g/mol. The van der Waals surface area contributed by atoms with Crippen molar-refractivity contribution in [1.82, 2.24) is 14.5 Å². The fraction of sp³-hybridized carbons (Fsp3) is 0.257. The smallest absolute Gasteiger partial charge is 0.243 e. The lowest BCUT2D eigenvalue weighted by Gasteiger charge is -2.33. The zero-order valence-corrected chi connectivity index (χ0v) is 26.6. The maximum atomic E-state index is 14.2. The number of carbonyl (C=O) groups is 2. The SMILES string of the molecule is COc1ccc(CNC(=O)[C@H](Cc2ccccc2)N(Cc2ccc(OC)cc2)C(=O)CN(Cc2ccccc2)S(C)(=O)=O)cc1. The molecular formula is C35H39N3O6S. The lowest BCUT2D eigenvalue weighted by molar-refractivity contribution is -0.141. The molecule has 0 spiro atoms. The molecule has 9 nitrogen and oxygen atoms in total. The van der Waals surface area contributed by atoms with Crippen LogP contribution in [0.3, 0.4) is 0 Å². The van der Waals surface area contributed by atoms with Gasteiger partial charge >= 0.3 is 0 Å². The number of hydrogen-bond acceptors (Lipinski definition) is 6. The van der Waals surface area contributed by atoms with Gasteiger partial charge in [0.15, 0.2) is 0 Å². The molecule has 236 valence electrons. The molecule has 4 aromatic rings. The highest BCUT2D eigenvalue weighted by atomic mass is 32.2. The first kappa shape index (κ1) is 33.2. The summed E-state index contributed by atoms with van der Waals surface area (Å²) < 4.78 is 37.4. The number of hydrogen-bond donors (Lipinski definition) is 1. The number of rotatable bonds is 15. The first-order valence-corrected chi connectivity index (χ1v) is 16.4. The first-order chi connectivity index (χ1) is 21.7. The molecule has 4 rings (SSSR count). The molecule has 2 amide bonds. The van der Waals surface area contributed by atoms with Crippen molar-refractivity contribution >= 4 is 21.8 Å². The normalized spacial score (nSPS) is 11.9. The molecule has 0 radical (unpaired) electrons. The van der Waals surface area contributed by atoms with Gasteiger partial charge in [0.25, 0.3) is 0 Å². The van der Waals surface area contributed by atoms with Gasteiger partial charge in [0.05, 0.1) is 27.0 Å². The second-order valence-corrected chi connectivity index (χ2v) is 12.6. The van der Waals surface area contributed by atoms with Crippen LogP contribution in [-0.4, -0.2) is 62.5 Å². The number of nitrogens with zero attached hydrogens (tertiary/aromatic N) is 2. The predicted molar refractivity (Wildman–Crippen MR) is 174 cm³/mol. The standard InChI is InChI=1S/C35H39N3O6S/c1-43-31-18-14-28(15-19-31)23-36-35(40)33(22-27-10-6-4-7-11-27)38(25-30-16-20-32(44-2)21-17-30)34(39)26-37(45(3,41)42)24-29-12-8-5-9-13-29/h4-21,33H,22-26H2,1-3H3,(H,36,40)/t33-/m0/s1. The van der Waals surface area contributed by atoms with Crippen molar-refractivity contribution in [3.05, 3.63) is 131 Å². The Morgan fingerprint density at radius 3 is 1.69 bits per heavy atom. The molecule has 0 bridgehead atoms. The molecule has 0 unspecified atom stereocenters. The van der Waals surface area contributed by atoms with Crippen LogP contribution in [-0.2, 0) is 45.7 Å². The second-order valence-electron chi connectivity index (χ2n) is 10.7. The molecule has 0 aliphatic carbocycles. The topological polar surface area (TPSA) is 105 Å². The molecule has 0 aliphatic rings. The van der Waals surface area contributed by atoms with E-state index in [0.717, 1.165) is 32.8 Å². The van der Waals surface area contributed by atoms with E-state index in [1.54, 1.807) is 26.4 Å². The maximum Gasteiger partial charge on any atom is 0.243 e. The van der Waals surface area contributed by atoms with Gasteiger partial charge in [-0.15, -0.1) is 0 Å². The van der Waals surface area contributed by atoms with Crippen LogP contribution in [0.15, 0.2) is 109 Å². The molecule has 0 saturated heterocycles. The summed E-state index contributed by atoms with van der Waals surface area (Å²) >= 11 is 0. The van der Waals surface area contributed by atoms with Crippen molar-refractivity contribution in [1.29, 1.82) is 0 Å². The molecule has 10 heteroatoms. The molecule has 45 heavy (non-hydrogen) atoms. The van der Waals surface area contributed by atoms with E-state index in [2.05, 4.69) is 5.32 Å². The molecule has 0 aromatic heterocycles. The summed E-state index contributed by atoms with van der Waals surface area (Å²) in [7, 11) is -0.615. The number of sulfonamides is 1. The molecular weight excluding hydrogens is 590 g/mol. The van der Waals surface area contributed by atoms with Crippen LogP contribution in [0.25, 0.3) is 0 Å². The largest absolute Gasteiger partial charge is 0.497 e. The Labute approximate surface area is 265 Å². The summed E-state index contributed by atoms with van der Waals surface area (Å²) in [5.74, 6) is 0.508. The number of ether oxygens (including phenoxy) is 2. The van der Waals surface area contributed by atoms with E-state index in [4.69, 9.17) is 9.47 Å². The minimum Gasteiger partial charge on any atom is -0.497 e. The van der Waals surface area contributed by atoms with Crippen LogP contribution in [0.4, 0.5) is 0 Å². The quantitative estimate of drug-likeness (QED) is 0.209. The van der Waals surface area contributed by atoms with Gasteiger partial charge in [-0.1, -0.05) is 84.9 Å². The third-order valence-electron chi connectivity index (χ3n) is 7.39. The Morgan fingerprint density at radius 2 is 1.18 bits per heavy atom. The van der Waals surface area contributed by atoms with Gasteiger partial charge in [-0.3, -0.25) is 9.59 Å². The maximum absolute atomic E-state index is 14.2. The molecule has 4 aromatic carbocycles. The summed E-state index contributed by atoms with van der Waals surface area (Å²) in [5.41, 5.74) is 3.23. The minimum atomic E-state index is -3.77. The van der Waals surface area contributed by atoms with Gasteiger partial charge < -0.3 is 19.7 Å². The van der Waals surface area contributed by atoms with Gasteiger partial charge in [-0.2, -0.15) is 4.31 Å². The van der Waals surface area contributed by atoms with E-state index in [1.807, 2.05) is 97.1 Å². The third-order valence-corrected chi connectivity index (χ3v) is 8.59. The first-order valence-electron chi connectivity index (χ1n) is 14.5. The monoisotopic (exact) mass is 629 g/mol. The number of nitrogens with one attached hydrogen (secondary N) is 1. The van der Waals surface area contributed by atoms with Gasteiger partial charge in [-0.25, -0.2) is 8.42 Å². The van der Waals surface area contributed by atoms with Crippen molar-refractivity contribution in [2.75, 3.05) is 27.0 Å². The molecule has 0 aliphatic heterocycles. The van der Waals surface area contributed by atoms with E-state index in [1.165, 1.54) is 4.90 Å². The van der Waals surface area contributed by atoms with E-state index in [0.29, 0.717) is 11.5 Å². The molecule has 1 N–H and O–H groups in total. The predicted octanol–water partition coefficient (Wildman–Crippen LogP) is 4.42. The van der Waals surface area contributed by atoms with Crippen LogP contribution < -0.4 is 14.8 Å². The van der Waals surface area contributed by atoms with Crippen molar-refractivity contribution < 1.29 is 27.5 Å². The zero-order chi connectivity index (χ0) is 32.2. The van der Waals surface area contributed by atoms with Crippen LogP contribution >= 0.6 is 0 Å². The molecule has 1 atom stereocenters. The number of carbonyl (C=O) groups excluding carboxylic acids is 2. The Hall–Kier alpha value is -4.67. The third kappa shape index (κ3) is 9.92. The average Bonchev–Trinajstić information content (AvgIpc) is 3.06. The summed E-state index contributed by atoms with van der Waals surface area (Å²) in [6.45, 7) is -0.0862. The van der Waals surface area contributed by atoms with Crippen molar-refractivity contribution in [3.8, 4) is 11.5 Å². The highest BCUT2D eigenvalue weighted by Gasteiger charge is 2.33. The summed E-state index contributed by atoms with van der Waals surface area (Å²) in [6.07, 6.45) is 1.31. The lowest BCUT2D eigenvalue weighted by Crippen LogP contribution is -2.53. The summed E-state index contributed by atoms with van der Waals surface area (Å²) in [6, 6.07) is 32.2. The number of amides is 2. The molecule has 0 saturated carbocycles. The Morgan fingerprint density at radius 1 is 0.689 bits per heavy atom. The van der Waals surface area contributed by atoms with Crippen LogP contribution in [0.1, 0.15) is 22.3 Å². The van der Waals surface area contributed by atoms with Crippen LogP contribution in [0.2, 0.25) is 0 Å². The second kappa shape index (κ2) is 15.9. The van der Waals surface area contributed by atoms with Gasteiger partial charge in [0.2, 0.25) is 21.8 Å². The van der Waals surface area contributed by atoms with Crippen LogP contribution in [0, 0.1) is 0 Å². The van der Waals surface area contributed by atoms with E-state index in [9.17, 15) is 18.0 Å². The van der Waals surface area contributed by atoms with Crippen molar-refractivity contribution in [2.45, 2.75) is 32.1 Å². The van der Waals surface area contributed by atoms with E-state index < -0.39 is 28.5 Å². The molecule has 0 fully saturated rings. The van der Waals surface area contributed by atoms with Gasteiger partial charge in [0, 0.05) is 26.1 Å². The van der Waals surface area contributed by atoms with Crippen molar-refractivity contribution in [3.63, 3.8) is 0 Å². The van der Waals surface area contributed by atoms with Gasteiger partial charge in [-0.05, 0) is 46.5 Å². The van der Waals surface area contributed by atoms with Crippen LogP contribution in [0.5, 0.6) is 11.5 Å².